The second kappa shape index (κ2) is 3.30. The van der Waals surface area contributed by atoms with Gasteiger partial charge in [-0.25, -0.2) is 0 Å². The highest BCUT2D eigenvalue weighted by molar-refractivity contribution is 6.40. The monoisotopic (exact) mass is 252 g/mol. The van der Waals surface area contributed by atoms with Crippen LogP contribution in [0.5, 0.6) is 0 Å². The predicted molar refractivity (Wildman–Crippen MR) is 63.0 cm³/mol. The highest BCUT2D eigenvalue weighted by Gasteiger charge is 2.14. The molecule has 0 amide bonds. The van der Waals surface area contributed by atoms with E-state index in [0.29, 0.717) is 15.7 Å². The minimum Gasteiger partial charge on any atom is -0.191 e. The molecule has 3 aromatic rings. The molecule has 0 atom stereocenters. The molecule has 0 unspecified atom stereocenters. The average molecular weight is 253 g/mol. The summed E-state index contributed by atoms with van der Waals surface area (Å²) in [6.45, 7) is 1.88. The summed E-state index contributed by atoms with van der Waals surface area (Å²) in [7, 11) is 0. The van der Waals surface area contributed by atoms with E-state index >= 15 is 0 Å². The van der Waals surface area contributed by atoms with Gasteiger partial charge in [-0.3, -0.25) is 0 Å². The van der Waals surface area contributed by atoms with E-state index in [1.807, 2.05) is 19.1 Å². The molecule has 0 saturated heterocycles. The molecule has 2 aromatic heterocycles. The van der Waals surface area contributed by atoms with Crippen molar-refractivity contribution in [1.82, 2.24) is 20.0 Å². The van der Waals surface area contributed by atoms with E-state index in [4.69, 9.17) is 23.2 Å². The lowest BCUT2D eigenvalue weighted by Crippen LogP contribution is -1.95. The number of hydrogen-bond acceptors (Lipinski definition) is 3. The number of aromatic nitrogens is 4. The van der Waals surface area contributed by atoms with E-state index in [9.17, 15) is 0 Å². The molecule has 6 heteroatoms. The van der Waals surface area contributed by atoms with Gasteiger partial charge in [0.05, 0.1) is 15.6 Å². The van der Waals surface area contributed by atoms with Crippen molar-refractivity contribution in [2.45, 2.75) is 6.92 Å². The lowest BCUT2D eigenvalue weighted by Gasteiger charge is -2.07. The summed E-state index contributed by atoms with van der Waals surface area (Å²) in [6, 6.07) is 5.54. The fourth-order valence-electron chi connectivity index (χ4n) is 1.78. The van der Waals surface area contributed by atoms with Gasteiger partial charge in [-0.1, -0.05) is 35.3 Å². The van der Waals surface area contributed by atoms with Crippen LogP contribution >= 0.6 is 23.2 Å². The van der Waals surface area contributed by atoms with Gasteiger partial charge in [0.25, 0.3) is 0 Å². The third-order valence-electron chi connectivity index (χ3n) is 2.57. The first-order chi connectivity index (χ1) is 7.70. The number of tetrazole rings is 1. The molecule has 0 N–H and O–H groups in total. The van der Waals surface area contributed by atoms with Crippen molar-refractivity contribution in [3.05, 3.63) is 33.8 Å². The van der Waals surface area contributed by atoms with Crippen LogP contribution in [0.1, 0.15) is 5.56 Å². The number of nitrogens with zero attached hydrogens (tertiary/aromatic N) is 4. The zero-order valence-electron chi connectivity index (χ0n) is 8.28. The average Bonchev–Trinajstić information content (AvgIpc) is 2.74. The zero-order chi connectivity index (χ0) is 11.3. The lowest BCUT2D eigenvalue weighted by atomic mass is 10.1. The number of rotatable bonds is 0. The van der Waals surface area contributed by atoms with Crippen molar-refractivity contribution < 1.29 is 0 Å². The largest absolute Gasteiger partial charge is 0.191 e. The van der Waals surface area contributed by atoms with Crippen molar-refractivity contribution in [3.8, 4) is 0 Å². The van der Waals surface area contributed by atoms with Gasteiger partial charge < -0.3 is 0 Å². The number of halogens is 2. The number of para-hydroxylation sites is 1. The Morgan fingerprint density at radius 1 is 1.25 bits per heavy atom. The van der Waals surface area contributed by atoms with Crippen LogP contribution in [0.2, 0.25) is 10.0 Å². The lowest BCUT2D eigenvalue weighted by molar-refractivity contribution is 0.841. The second-order valence-electron chi connectivity index (χ2n) is 3.49. The highest BCUT2D eigenvalue weighted by atomic mass is 35.5. The summed E-state index contributed by atoms with van der Waals surface area (Å²) in [4.78, 5) is 0. The van der Waals surface area contributed by atoms with Gasteiger partial charge >= 0.3 is 0 Å². The van der Waals surface area contributed by atoms with Crippen LogP contribution in [0.4, 0.5) is 0 Å². The molecule has 2 heterocycles. The molecule has 0 aliphatic carbocycles. The Hall–Kier alpha value is -1.39. The smallest absolute Gasteiger partial charge is 0.184 e. The van der Waals surface area contributed by atoms with Gasteiger partial charge in [-0.15, -0.1) is 5.10 Å². The molecule has 0 fully saturated rings. The van der Waals surface area contributed by atoms with Gasteiger partial charge in [0.15, 0.2) is 5.65 Å². The van der Waals surface area contributed by atoms with Gasteiger partial charge in [0.1, 0.15) is 0 Å². The maximum Gasteiger partial charge on any atom is 0.184 e. The Bertz CT molecular complexity index is 705. The molecule has 0 bridgehead atoms. The predicted octanol–water partition coefficient (Wildman–Crippen LogP) is 2.89. The van der Waals surface area contributed by atoms with Crippen LogP contribution in [0, 0.1) is 6.92 Å². The van der Waals surface area contributed by atoms with Gasteiger partial charge in [-0.05, 0) is 23.4 Å². The standard InChI is InChI=1S/C10H6Cl2N4/c1-5-8(12)6-3-2-4-7(11)9(6)16-10(5)13-14-15-16/h2-4H,1H3. The molecule has 1 aromatic carbocycles. The van der Waals surface area contributed by atoms with Crippen LogP contribution in [-0.4, -0.2) is 20.0 Å². The molecule has 0 saturated carbocycles. The van der Waals surface area contributed by atoms with Gasteiger partial charge in [0, 0.05) is 10.9 Å². The third kappa shape index (κ3) is 1.14. The van der Waals surface area contributed by atoms with E-state index in [1.165, 1.54) is 0 Å². The first kappa shape index (κ1) is 9.81. The summed E-state index contributed by atoms with van der Waals surface area (Å²) in [5.41, 5.74) is 2.21. The summed E-state index contributed by atoms with van der Waals surface area (Å²) in [5.74, 6) is 0. The molecule has 80 valence electrons. The van der Waals surface area contributed by atoms with E-state index in [-0.39, 0.29) is 0 Å². The Morgan fingerprint density at radius 3 is 2.88 bits per heavy atom. The third-order valence-corrected chi connectivity index (χ3v) is 3.36. The minimum absolute atomic E-state index is 0.580. The number of hydrogen-bond donors (Lipinski definition) is 0. The first-order valence-electron chi connectivity index (χ1n) is 4.64. The van der Waals surface area contributed by atoms with E-state index in [2.05, 4.69) is 15.5 Å². The molecule has 16 heavy (non-hydrogen) atoms. The molecule has 4 nitrogen and oxygen atoms in total. The minimum atomic E-state index is 0.580. The number of pyridine rings is 1. The fourth-order valence-corrected chi connectivity index (χ4v) is 2.27. The summed E-state index contributed by atoms with van der Waals surface area (Å²) in [6.07, 6.45) is 0. The second-order valence-corrected chi connectivity index (χ2v) is 4.27. The summed E-state index contributed by atoms with van der Waals surface area (Å²) in [5, 5.41) is 13.6. The van der Waals surface area contributed by atoms with Gasteiger partial charge in [0.2, 0.25) is 0 Å². The quantitative estimate of drug-likeness (QED) is 0.618. The maximum atomic E-state index is 6.27. The molecule has 0 aliphatic rings. The maximum absolute atomic E-state index is 6.27. The summed E-state index contributed by atoms with van der Waals surface area (Å²) >= 11 is 12.4. The number of benzene rings is 1. The Kier molecular flexibility index (Phi) is 2.02. The Labute approximate surface area is 101 Å². The van der Waals surface area contributed by atoms with E-state index < -0.39 is 0 Å². The van der Waals surface area contributed by atoms with Crippen molar-refractivity contribution in [2.75, 3.05) is 0 Å². The van der Waals surface area contributed by atoms with Crippen molar-refractivity contribution in [2.24, 2.45) is 0 Å². The van der Waals surface area contributed by atoms with Crippen LogP contribution in [-0.2, 0) is 0 Å². The topological polar surface area (TPSA) is 43.1 Å². The van der Waals surface area contributed by atoms with Crippen LogP contribution in [0.25, 0.3) is 16.6 Å². The van der Waals surface area contributed by atoms with Crippen molar-refractivity contribution >= 4 is 39.8 Å². The van der Waals surface area contributed by atoms with E-state index in [0.717, 1.165) is 16.5 Å². The van der Waals surface area contributed by atoms with Gasteiger partial charge in [-0.2, -0.15) is 4.52 Å². The number of aryl methyl sites for hydroxylation is 1. The van der Waals surface area contributed by atoms with Crippen molar-refractivity contribution in [1.29, 1.82) is 0 Å². The van der Waals surface area contributed by atoms with Crippen LogP contribution in [0.3, 0.4) is 0 Å². The van der Waals surface area contributed by atoms with Crippen LogP contribution < -0.4 is 0 Å². The SMILES string of the molecule is Cc1c(Cl)c2cccc(Cl)c2n2nnnc12. The van der Waals surface area contributed by atoms with Crippen molar-refractivity contribution in [3.63, 3.8) is 0 Å². The van der Waals surface area contributed by atoms with Crippen LogP contribution in [0.15, 0.2) is 18.2 Å². The Morgan fingerprint density at radius 2 is 2.06 bits per heavy atom. The fraction of sp³-hybridized carbons (Fsp3) is 0.100. The molecule has 0 spiro atoms. The highest BCUT2D eigenvalue weighted by Crippen LogP contribution is 2.32. The van der Waals surface area contributed by atoms with E-state index in [1.54, 1.807) is 10.6 Å². The number of fused-ring (bicyclic) bond motifs is 3. The zero-order valence-corrected chi connectivity index (χ0v) is 9.79. The molecular weight excluding hydrogens is 247 g/mol. The summed E-state index contributed by atoms with van der Waals surface area (Å²) < 4.78 is 1.61. The molecule has 3 rings (SSSR count). The Balaban J connectivity index is 2.72. The molecule has 0 aliphatic heterocycles. The normalized spacial score (nSPS) is 11.4. The molecular formula is C10H6Cl2N4. The first-order valence-corrected chi connectivity index (χ1v) is 5.40. The molecule has 0 radical (unpaired) electrons.